The summed E-state index contributed by atoms with van der Waals surface area (Å²) in [7, 11) is -4.11. The third kappa shape index (κ3) is 5.74. The summed E-state index contributed by atoms with van der Waals surface area (Å²) in [5, 5.41) is 3.45. The van der Waals surface area contributed by atoms with Crippen LogP contribution in [-0.2, 0) is 21.4 Å². The molecule has 0 aliphatic rings. The molecule has 5 nitrogen and oxygen atoms in total. The number of carbonyl (C=O) groups excluding carboxylic acids is 1. The van der Waals surface area contributed by atoms with Crippen LogP contribution in [0.2, 0.25) is 15.1 Å². The first-order chi connectivity index (χ1) is 14.3. The van der Waals surface area contributed by atoms with Crippen molar-refractivity contribution in [1.29, 1.82) is 0 Å². The summed E-state index contributed by atoms with van der Waals surface area (Å²) in [6.45, 7) is -0.428. The van der Waals surface area contributed by atoms with Crippen LogP contribution in [0, 0.1) is 0 Å². The van der Waals surface area contributed by atoms with Gasteiger partial charge in [-0.2, -0.15) is 4.31 Å². The quantitative estimate of drug-likeness (QED) is 0.484. The molecule has 0 spiro atoms. The van der Waals surface area contributed by atoms with E-state index in [-0.39, 0.29) is 21.5 Å². The molecule has 0 aromatic heterocycles. The van der Waals surface area contributed by atoms with Gasteiger partial charge in [-0.3, -0.25) is 4.79 Å². The molecule has 0 aliphatic heterocycles. The van der Waals surface area contributed by atoms with Gasteiger partial charge in [-0.15, -0.1) is 0 Å². The summed E-state index contributed by atoms with van der Waals surface area (Å²) in [4.78, 5) is 12.5. The van der Waals surface area contributed by atoms with Crippen LogP contribution in [-0.4, -0.2) is 25.2 Å². The van der Waals surface area contributed by atoms with E-state index in [4.69, 9.17) is 34.8 Å². The second-order valence-electron chi connectivity index (χ2n) is 6.39. The zero-order chi connectivity index (χ0) is 21.7. The van der Waals surface area contributed by atoms with Crippen LogP contribution in [0.4, 0.5) is 5.69 Å². The van der Waals surface area contributed by atoms with Crippen LogP contribution in [0.3, 0.4) is 0 Å². The van der Waals surface area contributed by atoms with E-state index in [1.54, 1.807) is 48.5 Å². The van der Waals surface area contributed by atoms with Crippen molar-refractivity contribution in [2.45, 2.75) is 11.4 Å². The molecule has 3 aromatic rings. The largest absolute Gasteiger partial charge is 0.325 e. The molecule has 3 aromatic carbocycles. The minimum absolute atomic E-state index is 0.0138. The SMILES string of the molecule is O=C(CN(Cc1ccccc1)S(=O)(=O)c1cc(Cl)ccc1Cl)Nc1ccc(Cl)cc1. The third-order valence-corrected chi connectivity index (χ3v) is 6.92. The normalized spacial score (nSPS) is 11.5. The number of amides is 1. The first-order valence-electron chi connectivity index (χ1n) is 8.80. The highest BCUT2D eigenvalue weighted by Crippen LogP contribution is 2.28. The number of benzene rings is 3. The standard InChI is InChI=1S/C21H17Cl3N2O3S/c22-16-6-9-18(10-7-16)25-21(27)14-26(13-15-4-2-1-3-5-15)30(28,29)20-12-17(23)8-11-19(20)24/h1-12H,13-14H2,(H,25,27). The van der Waals surface area contributed by atoms with E-state index in [1.165, 1.54) is 18.2 Å². The van der Waals surface area contributed by atoms with Crippen molar-refractivity contribution in [2.75, 3.05) is 11.9 Å². The fraction of sp³-hybridized carbons (Fsp3) is 0.0952. The van der Waals surface area contributed by atoms with Crippen LogP contribution in [0.5, 0.6) is 0 Å². The Morgan fingerprint density at radius 3 is 2.17 bits per heavy atom. The summed E-state index contributed by atoms with van der Waals surface area (Å²) in [5.41, 5.74) is 1.22. The first-order valence-corrected chi connectivity index (χ1v) is 11.4. The van der Waals surface area contributed by atoms with Crippen molar-refractivity contribution < 1.29 is 13.2 Å². The van der Waals surface area contributed by atoms with Gasteiger partial charge < -0.3 is 5.32 Å². The molecule has 1 amide bonds. The number of nitrogens with zero attached hydrogens (tertiary/aromatic N) is 1. The van der Waals surface area contributed by atoms with Crippen LogP contribution < -0.4 is 5.32 Å². The number of hydrogen-bond acceptors (Lipinski definition) is 3. The number of hydrogen-bond donors (Lipinski definition) is 1. The van der Waals surface area contributed by atoms with Gasteiger partial charge in [0.05, 0.1) is 11.6 Å². The number of carbonyl (C=O) groups is 1. The molecule has 0 bridgehead atoms. The average Bonchev–Trinajstić information content (AvgIpc) is 2.71. The maximum absolute atomic E-state index is 13.3. The smallest absolute Gasteiger partial charge is 0.245 e. The van der Waals surface area contributed by atoms with E-state index in [0.29, 0.717) is 10.7 Å². The molecule has 0 saturated heterocycles. The van der Waals surface area contributed by atoms with Gasteiger partial charge in [0.2, 0.25) is 15.9 Å². The van der Waals surface area contributed by atoms with E-state index < -0.39 is 22.5 Å². The molecular formula is C21H17Cl3N2O3S. The monoisotopic (exact) mass is 482 g/mol. The predicted octanol–water partition coefficient (Wildman–Crippen LogP) is 5.48. The molecule has 0 aliphatic carbocycles. The second kappa shape index (κ2) is 9.81. The average molecular weight is 484 g/mol. The van der Waals surface area contributed by atoms with Crippen molar-refractivity contribution in [3.63, 3.8) is 0 Å². The lowest BCUT2D eigenvalue weighted by atomic mass is 10.2. The van der Waals surface area contributed by atoms with Crippen molar-refractivity contribution >= 4 is 56.4 Å². The summed E-state index contributed by atoms with van der Waals surface area (Å²) in [5.74, 6) is -0.505. The minimum Gasteiger partial charge on any atom is -0.325 e. The van der Waals surface area contributed by atoms with Crippen molar-refractivity contribution in [3.05, 3.63) is 93.4 Å². The Morgan fingerprint density at radius 2 is 1.50 bits per heavy atom. The number of anilines is 1. The van der Waals surface area contributed by atoms with Crippen LogP contribution in [0.1, 0.15) is 5.56 Å². The third-order valence-electron chi connectivity index (χ3n) is 4.16. The summed E-state index contributed by atoms with van der Waals surface area (Å²) < 4.78 is 27.7. The van der Waals surface area contributed by atoms with Crippen LogP contribution in [0.25, 0.3) is 0 Å². The molecule has 0 fully saturated rings. The van der Waals surface area contributed by atoms with E-state index >= 15 is 0 Å². The molecule has 0 atom stereocenters. The van der Waals surface area contributed by atoms with Gasteiger partial charge in [-0.05, 0) is 48.0 Å². The molecule has 0 heterocycles. The van der Waals surface area contributed by atoms with Gasteiger partial charge in [0.1, 0.15) is 4.90 Å². The molecule has 9 heteroatoms. The van der Waals surface area contributed by atoms with Gasteiger partial charge in [0.25, 0.3) is 0 Å². The fourth-order valence-corrected chi connectivity index (χ4v) is 4.97. The van der Waals surface area contributed by atoms with E-state index in [1.807, 2.05) is 6.07 Å². The summed E-state index contributed by atoms with van der Waals surface area (Å²) in [6.07, 6.45) is 0. The van der Waals surface area contributed by atoms with Gasteiger partial charge in [0.15, 0.2) is 0 Å². The molecule has 0 saturated carbocycles. The molecule has 0 unspecified atom stereocenters. The van der Waals surface area contributed by atoms with Crippen LogP contribution in [0.15, 0.2) is 77.7 Å². The maximum Gasteiger partial charge on any atom is 0.245 e. The maximum atomic E-state index is 13.3. The summed E-state index contributed by atoms with van der Waals surface area (Å²) >= 11 is 18.0. The van der Waals surface area contributed by atoms with Crippen molar-refractivity contribution in [1.82, 2.24) is 4.31 Å². The van der Waals surface area contributed by atoms with Crippen molar-refractivity contribution in [2.24, 2.45) is 0 Å². The second-order valence-corrected chi connectivity index (χ2v) is 9.57. The van der Waals surface area contributed by atoms with E-state index in [2.05, 4.69) is 5.32 Å². The van der Waals surface area contributed by atoms with Gasteiger partial charge >= 0.3 is 0 Å². The lowest BCUT2D eigenvalue weighted by Gasteiger charge is -2.22. The molecule has 30 heavy (non-hydrogen) atoms. The van der Waals surface area contributed by atoms with Crippen molar-refractivity contribution in [3.8, 4) is 0 Å². The Morgan fingerprint density at radius 1 is 0.867 bits per heavy atom. The van der Waals surface area contributed by atoms with Gasteiger partial charge in [-0.1, -0.05) is 65.1 Å². The molecular weight excluding hydrogens is 467 g/mol. The first kappa shape index (κ1) is 22.6. The zero-order valence-corrected chi connectivity index (χ0v) is 18.6. The lowest BCUT2D eigenvalue weighted by Crippen LogP contribution is -2.37. The van der Waals surface area contributed by atoms with Gasteiger partial charge in [-0.25, -0.2) is 8.42 Å². The highest BCUT2D eigenvalue weighted by atomic mass is 35.5. The Balaban J connectivity index is 1.90. The van der Waals surface area contributed by atoms with E-state index in [0.717, 1.165) is 9.87 Å². The fourth-order valence-electron chi connectivity index (χ4n) is 2.72. The number of halogens is 3. The minimum atomic E-state index is -4.11. The number of nitrogens with one attached hydrogen (secondary N) is 1. The van der Waals surface area contributed by atoms with Gasteiger partial charge in [0, 0.05) is 22.3 Å². The topological polar surface area (TPSA) is 66.5 Å². The molecule has 3 rings (SSSR count). The molecule has 1 N–H and O–H groups in total. The number of rotatable bonds is 7. The number of sulfonamides is 1. The lowest BCUT2D eigenvalue weighted by molar-refractivity contribution is -0.116. The Hall–Kier alpha value is -2.09. The highest BCUT2D eigenvalue weighted by Gasteiger charge is 2.29. The Labute approximate surface area is 190 Å². The predicted molar refractivity (Wildman–Crippen MR) is 121 cm³/mol. The Kier molecular flexibility index (Phi) is 7.39. The molecule has 156 valence electrons. The van der Waals surface area contributed by atoms with E-state index in [9.17, 15) is 13.2 Å². The molecule has 0 radical (unpaired) electrons. The summed E-state index contributed by atoms with van der Waals surface area (Å²) in [6, 6.07) is 19.6. The highest BCUT2D eigenvalue weighted by molar-refractivity contribution is 7.89. The zero-order valence-electron chi connectivity index (χ0n) is 15.6. The van der Waals surface area contributed by atoms with Crippen LogP contribution >= 0.6 is 34.8 Å². The Bertz CT molecular complexity index is 1140.